The number of rotatable bonds is 6. The first-order chi connectivity index (χ1) is 8.37. The van der Waals surface area contributed by atoms with Crippen molar-refractivity contribution >= 4 is 0 Å². The summed E-state index contributed by atoms with van der Waals surface area (Å²) in [5.74, 6) is 0. The fourth-order valence-electron chi connectivity index (χ4n) is 1.54. The van der Waals surface area contributed by atoms with E-state index in [4.69, 9.17) is 0 Å². The summed E-state index contributed by atoms with van der Waals surface area (Å²) in [6, 6.07) is 5.74. The number of aryl methyl sites for hydroxylation is 1. The number of pyridine rings is 1. The Balaban J connectivity index is 2.24. The zero-order valence-corrected chi connectivity index (χ0v) is 10.6. The molecule has 1 aromatic heterocycles. The minimum Gasteiger partial charge on any atom is -0.307 e. The molecular formula is C12H18F3N3. The Hall–Kier alpha value is -1.14. The maximum atomic E-state index is 11.9. The van der Waals surface area contributed by atoms with Crippen LogP contribution in [0.1, 0.15) is 11.4 Å². The van der Waals surface area contributed by atoms with E-state index >= 15 is 0 Å². The summed E-state index contributed by atoms with van der Waals surface area (Å²) in [5.41, 5.74) is 1.87. The summed E-state index contributed by atoms with van der Waals surface area (Å²) in [4.78, 5) is 6.27. The molecular weight excluding hydrogens is 243 g/mol. The summed E-state index contributed by atoms with van der Waals surface area (Å²) in [5, 5.41) is 2.37. The van der Waals surface area contributed by atoms with Crippen molar-refractivity contribution in [2.45, 2.75) is 19.6 Å². The highest BCUT2D eigenvalue weighted by atomic mass is 19.4. The molecule has 0 atom stereocenters. The third-order valence-corrected chi connectivity index (χ3v) is 2.37. The van der Waals surface area contributed by atoms with Gasteiger partial charge in [-0.25, -0.2) is 0 Å². The van der Waals surface area contributed by atoms with Crippen LogP contribution in [0.5, 0.6) is 0 Å². The molecule has 6 heteroatoms. The Morgan fingerprint density at radius 2 is 2.06 bits per heavy atom. The van der Waals surface area contributed by atoms with Gasteiger partial charge in [-0.2, -0.15) is 13.2 Å². The van der Waals surface area contributed by atoms with Crippen molar-refractivity contribution in [3.63, 3.8) is 0 Å². The lowest BCUT2D eigenvalue weighted by Gasteiger charge is -2.17. The molecule has 0 unspecified atom stereocenters. The van der Waals surface area contributed by atoms with Gasteiger partial charge < -0.3 is 5.32 Å². The van der Waals surface area contributed by atoms with Crippen molar-refractivity contribution in [2.75, 3.05) is 26.7 Å². The molecule has 1 aromatic rings. The molecule has 0 saturated carbocycles. The molecule has 0 radical (unpaired) electrons. The molecule has 0 amide bonds. The van der Waals surface area contributed by atoms with Crippen molar-refractivity contribution in [3.05, 3.63) is 29.6 Å². The quantitative estimate of drug-likeness (QED) is 0.794. The van der Waals surface area contributed by atoms with Crippen LogP contribution < -0.4 is 5.32 Å². The highest BCUT2D eigenvalue weighted by Gasteiger charge is 2.25. The number of aromatic nitrogens is 1. The van der Waals surface area contributed by atoms with Gasteiger partial charge in [-0.1, -0.05) is 6.07 Å². The fourth-order valence-corrected chi connectivity index (χ4v) is 1.54. The van der Waals surface area contributed by atoms with Gasteiger partial charge in [0, 0.05) is 25.3 Å². The van der Waals surface area contributed by atoms with Crippen LogP contribution in [0.4, 0.5) is 13.2 Å². The first kappa shape index (κ1) is 14.9. The number of nitrogens with one attached hydrogen (secondary N) is 1. The zero-order valence-electron chi connectivity index (χ0n) is 10.6. The van der Waals surface area contributed by atoms with Crippen LogP contribution in [-0.4, -0.2) is 42.7 Å². The standard InChI is InChI=1S/C12H18F3N3/c1-10-4-3-5-11(17-10)8-18(2)7-6-16-9-12(13,14)15/h3-5,16H,6-9H2,1-2H3. The Labute approximate surface area is 105 Å². The Morgan fingerprint density at radius 1 is 1.33 bits per heavy atom. The maximum Gasteiger partial charge on any atom is 0.401 e. The minimum absolute atomic E-state index is 0.307. The molecule has 18 heavy (non-hydrogen) atoms. The summed E-state index contributed by atoms with van der Waals surface area (Å²) in [6.07, 6.45) is -4.14. The molecule has 0 aliphatic carbocycles. The van der Waals surface area contributed by atoms with Crippen LogP contribution in [0.2, 0.25) is 0 Å². The summed E-state index contributed by atoms with van der Waals surface area (Å²) in [6.45, 7) is 2.46. The van der Waals surface area contributed by atoms with Gasteiger partial charge in [-0.05, 0) is 26.1 Å². The molecule has 0 aliphatic rings. The average Bonchev–Trinajstić information content (AvgIpc) is 2.23. The third-order valence-electron chi connectivity index (χ3n) is 2.37. The SMILES string of the molecule is Cc1cccc(CN(C)CCNCC(F)(F)F)n1. The van der Waals surface area contributed by atoms with E-state index in [0.717, 1.165) is 11.4 Å². The largest absolute Gasteiger partial charge is 0.401 e. The van der Waals surface area contributed by atoms with E-state index in [0.29, 0.717) is 19.6 Å². The van der Waals surface area contributed by atoms with E-state index in [1.54, 1.807) is 0 Å². The monoisotopic (exact) mass is 261 g/mol. The molecule has 0 aliphatic heterocycles. The van der Waals surface area contributed by atoms with E-state index in [2.05, 4.69) is 10.3 Å². The molecule has 102 valence electrons. The number of nitrogens with zero attached hydrogens (tertiary/aromatic N) is 2. The number of halogens is 3. The van der Waals surface area contributed by atoms with Crippen LogP contribution in [0.25, 0.3) is 0 Å². The molecule has 0 fully saturated rings. The summed E-state index contributed by atoms with van der Waals surface area (Å²) in [7, 11) is 1.86. The molecule has 3 nitrogen and oxygen atoms in total. The Morgan fingerprint density at radius 3 is 2.67 bits per heavy atom. The summed E-state index contributed by atoms with van der Waals surface area (Å²) >= 11 is 0. The van der Waals surface area contributed by atoms with E-state index in [-0.39, 0.29) is 0 Å². The van der Waals surface area contributed by atoms with E-state index < -0.39 is 12.7 Å². The van der Waals surface area contributed by atoms with E-state index in [1.165, 1.54) is 0 Å². The van der Waals surface area contributed by atoms with Crippen molar-refractivity contribution in [1.29, 1.82) is 0 Å². The number of hydrogen-bond acceptors (Lipinski definition) is 3. The lowest BCUT2D eigenvalue weighted by molar-refractivity contribution is -0.124. The first-order valence-electron chi connectivity index (χ1n) is 5.75. The highest BCUT2D eigenvalue weighted by Crippen LogP contribution is 2.11. The van der Waals surface area contributed by atoms with Crippen molar-refractivity contribution in [2.24, 2.45) is 0 Å². The van der Waals surface area contributed by atoms with Gasteiger partial charge in [0.15, 0.2) is 0 Å². The Kier molecular flexibility index (Phi) is 5.55. The lowest BCUT2D eigenvalue weighted by atomic mass is 10.3. The molecule has 0 saturated heterocycles. The predicted octanol–water partition coefficient (Wildman–Crippen LogP) is 1.97. The third kappa shape index (κ3) is 6.56. The fraction of sp³-hybridized carbons (Fsp3) is 0.583. The zero-order chi connectivity index (χ0) is 13.6. The molecule has 1 rings (SSSR count). The van der Waals surface area contributed by atoms with Crippen molar-refractivity contribution in [1.82, 2.24) is 15.2 Å². The number of likely N-dealkylation sites (N-methyl/N-ethyl adjacent to an activating group) is 1. The van der Waals surface area contributed by atoms with Crippen molar-refractivity contribution < 1.29 is 13.2 Å². The van der Waals surface area contributed by atoms with Crippen LogP contribution in [0, 0.1) is 6.92 Å². The van der Waals surface area contributed by atoms with Gasteiger partial charge in [0.2, 0.25) is 0 Å². The second-order valence-electron chi connectivity index (χ2n) is 4.30. The molecule has 1 heterocycles. The van der Waals surface area contributed by atoms with Gasteiger partial charge in [0.25, 0.3) is 0 Å². The average molecular weight is 261 g/mol. The second kappa shape index (κ2) is 6.70. The normalized spacial score (nSPS) is 12.1. The summed E-state index contributed by atoms with van der Waals surface area (Å²) < 4.78 is 35.7. The smallest absolute Gasteiger partial charge is 0.307 e. The molecule has 1 N–H and O–H groups in total. The van der Waals surface area contributed by atoms with Gasteiger partial charge in [0.05, 0.1) is 12.2 Å². The van der Waals surface area contributed by atoms with E-state index in [1.807, 2.05) is 37.1 Å². The number of alkyl halides is 3. The molecule has 0 spiro atoms. The maximum absolute atomic E-state index is 11.9. The van der Waals surface area contributed by atoms with Crippen LogP contribution in [-0.2, 0) is 6.54 Å². The molecule has 0 aromatic carbocycles. The molecule has 0 bridgehead atoms. The van der Waals surface area contributed by atoms with Gasteiger partial charge in [0.1, 0.15) is 0 Å². The van der Waals surface area contributed by atoms with Crippen LogP contribution in [0.3, 0.4) is 0 Å². The van der Waals surface area contributed by atoms with Crippen molar-refractivity contribution in [3.8, 4) is 0 Å². The highest BCUT2D eigenvalue weighted by molar-refractivity contribution is 5.09. The minimum atomic E-state index is -4.14. The van der Waals surface area contributed by atoms with Gasteiger partial charge >= 0.3 is 6.18 Å². The topological polar surface area (TPSA) is 28.2 Å². The Bertz CT molecular complexity index is 366. The lowest BCUT2D eigenvalue weighted by Crippen LogP contribution is -2.34. The van der Waals surface area contributed by atoms with Gasteiger partial charge in [-0.15, -0.1) is 0 Å². The van der Waals surface area contributed by atoms with Crippen LogP contribution in [0.15, 0.2) is 18.2 Å². The first-order valence-corrected chi connectivity index (χ1v) is 5.75. The second-order valence-corrected chi connectivity index (χ2v) is 4.30. The van der Waals surface area contributed by atoms with Gasteiger partial charge in [-0.3, -0.25) is 9.88 Å². The van der Waals surface area contributed by atoms with Crippen LogP contribution >= 0.6 is 0 Å². The number of hydrogen-bond donors (Lipinski definition) is 1. The predicted molar refractivity (Wildman–Crippen MR) is 64.2 cm³/mol. The van der Waals surface area contributed by atoms with E-state index in [9.17, 15) is 13.2 Å².